The molecule has 0 atom stereocenters. The number of para-hydroxylation sites is 1. The van der Waals surface area contributed by atoms with Gasteiger partial charge in [0.05, 0.1) is 10.9 Å². The Morgan fingerprint density at radius 3 is 2.68 bits per heavy atom. The first-order valence-corrected chi connectivity index (χ1v) is 6.70. The number of rotatable bonds is 2. The summed E-state index contributed by atoms with van der Waals surface area (Å²) in [6, 6.07) is 13.5. The minimum atomic E-state index is -0.780. The second-order valence-electron chi connectivity index (χ2n) is 4.40. The van der Waals surface area contributed by atoms with Gasteiger partial charge in [0, 0.05) is 10.7 Å². The first kappa shape index (κ1) is 14.1. The van der Waals surface area contributed by atoms with Gasteiger partial charge in [0.15, 0.2) is 5.75 Å². The van der Waals surface area contributed by atoms with Gasteiger partial charge in [-0.3, -0.25) is 5.32 Å². The van der Waals surface area contributed by atoms with E-state index in [0.29, 0.717) is 21.6 Å². The number of carbonyl (C=O) groups is 1. The number of nitrogens with zero attached hydrogens (tertiary/aromatic N) is 2. The van der Waals surface area contributed by atoms with Gasteiger partial charge in [0.1, 0.15) is 0 Å². The van der Waals surface area contributed by atoms with Crippen LogP contribution in [-0.4, -0.2) is 21.4 Å². The van der Waals surface area contributed by atoms with Crippen molar-refractivity contribution in [3.63, 3.8) is 0 Å². The van der Waals surface area contributed by atoms with Crippen LogP contribution >= 0.6 is 11.6 Å². The van der Waals surface area contributed by atoms with Crippen LogP contribution in [-0.2, 0) is 0 Å². The molecule has 0 unspecified atom stereocenters. The number of nitrogens with one attached hydrogen (secondary N) is 1. The Labute approximate surface area is 130 Å². The molecule has 7 heteroatoms. The Bertz CT molecular complexity index is 840. The number of aromatic hydroxyl groups is 1. The maximum Gasteiger partial charge on any atom is 0.418 e. The maximum atomic E-state index is 11.8. The van der Waals surface area contributed by atoms with E-state index in [0.717, 1.165) is 0 Å². The fourth-order valence-electron chi connectivity index (χ4n) is 1.87. The van der Waals surface area contributed by atoms with Gasteiger partial charge in [-0.25, -0.2) is 4.79 Å². The SMILES string of the molecule is O=C(Nc1ccccc1)Oc1nnc2ccc(Cl)cc2c1O. The van der Waals surface area contributed by atoms with Crippen molar-refractivity contribution in [1.29, 1.82) is 0 Å². The number of ether oxygens (including phenoxy) is 1. The molecule has 1 heterocycles. The Morgan fingerprint density at radius 1 is 1.14 bits per heavy atom. The predicted molar refractivity (Wildman–Crippen MR) is 82.3 cm³/mol. The standard InChI is InChI=1S/C15H10ClN3O3/c16-9-6-7-12-11(8-9)13(20)14(19-18-12)22-15(21)17-10-4-2-1-3-5-10/h1-8H,(H,17,21)(H,18,20). The second-order valence-corrected chi connectivity index (χ2v) is 4.83. The van der Waals surface area contributed by atoms with E-state index in [9.17, 15) is 9.90 Å². The highest BCUT2D eigenvalue weighted by atomic mass is 35.5. The number of fused-ring (bicyclic) bond motifs is 1. The molecular formula is C15H10ClN3O3. The minimum Gasteiger partial charge on any atom is -0.503 e. The number of halogens is 1. The molecule has 6 nitrogen and oxygen atoms in total. The monoisotopic (exact) mass is 315 g/mol. The average Bonchev–Trinajstić information content (AvgIpc) is 2.51. The Kier molecular flexibility index (Phi) is 3.76. The molecule has 0 fully saturated rings. The quantitative estimate of drug-likeness (QED) is 0.754. The molecule has 0 aliphatic rings. The van der Waals surface area contributed by atoms with Gasteiger partial charge in [-0.1, -0.05) is 29.8 Å². The van der Waals surface area contributed by atoms with Crippen LogP contribution in [0.2, 0.25) is 5.02 Å². The average molecular weight is 316 g/mol. The number of hydrogen-bond donors (Lipinski definition) is 2. The van der Waals surface area contributed by atoms with Crippen LogP contribution in [0.25, 0.3) is 10.9 Å². The summed E-state index contributed by atoms with van der Waals surface area (Å²) in [7, 11) is 0. The molecular weight excluding hydrogens is 306 g/mol. The summed E-state index contributed by atoms with van der Waals surface area (Å²) in [5.74, 6) is -0.584. The number of amides is 1. The molecule has 0 aliphatic heterocycles. The summed E-state index contributed by atoms with van der Waals surface area (Å²) in [6.45, 7) is 0. The van der Waals surface area contributed by atoms with Crippen molar-refractivity contribution in [3.05, 3.63) is 53.6 Å². The molecule has 2 aromatic carbocycles. The van der Waals surface area contributed by atoms with Crippen molar-refractivity contribution < 1.29 is 14.6 Å². The van der Waals surface area contributed by atoms with E-state index in [2.05, 4.69) is 15.5 Å². The zero-order valence-electron chi connectivity index (χ0n) is 11.2. The third kappa shape index (κ3) is 2.91. The summed E-state index contributed by atoms with van der Waals surface area (Å²) in [4.78, 5) is 11.8. The van der Waals surface area contributed by atoms with Gasteiger partial charge in [0.2, 0.25) is 0 Å². The van der Waals surface area contributed by atoms with Crippen LogP contribution in [0.15, 0.2) is 48.5 Å². The Balaban J connectivity index is 1.84. The molecule has 0 spiro atoms. The molecule has 22 heavy (non-hydrogen) atoms. The molecule has 0 aliphatic carbocycles. The van der Waals surface area contributed by atoms with Gasteiger partial charge in [-0.15, -0.1) is 10.2 Å². The molecule has 110 valence electrons. The first-order chi connectivity index (χ1) is 10.6. The lowest BCUT2D eigenvalue weighted by molar-refractivity contribution is 0.210. The lowest BCUT2D eigenvalue weighted by Gasteiger charge is -2.08. The zero-order chi connectivity index (χ0) is 15.5. The molecule has 3 rings (SSSR count). The number of aromatic nitrogens is 2. The van der Waals surface area contributed by atoms with Crippen LogP contribution in [0.3, 0.4) is 0 Å². The Morgan fingerprint density at radius 2 is 1.91 bits per heavy atom. The molecule has 0 saturated carbocycles. The summed E-state index contributed by atoms with van der Waals surface area (Å²) in [5.41, 5.74) is 1.00. The van der Waals surface area contributed by atoms with Crippen molar-refractivity contribution in [2.45, 2.75) is 0 Å². The summed E-state index contributed by atoms with van der Waals surface area (Å²) in [6.07, 6.45) is -0.780. The normalized spacial score (nSPS) is 10.4. The summed E-state index contributed by atoms with van der Waals surface area (Å²) < 4.78 is 4.98. The lowest BCUT2D eigenvalue weighted by atomic mass is 10.2. The number of carbonyl (C=O) groups excluding carboxylic acids is 1. The van der Waals surface area contributed by atoms with Crippen LogP contribution in [0, 0.1) is 0 Å². The summed E-state index contributed by atoms with van der Waals surface area (Å²) in [5, 5.41) is 21.0. The van der Waals surface area contributed by atoms with Gasteiger partial charge in [-0.2, -0.15) is 0 Å². The largest absolute Gasteiger partial charge is 0.503 e. The lowest BCUT2D eigenvalue weighted by Crippen LogP contribution is -2.17. The van der Waals surface area contributed by atoms with Crippen molar-refractivity contribution in [2.24, 2.45) is 0 Å². The molecule has 0 bridgehead atoms. The van der Waals surface area contributed by atoms with E-state index in [1.165, 1.54) is 6.07 Å². The van der Waals surface area contributed by atoms with Crippen molar-refractivity contribution in [2.75, 3.05) is 5.32 Å². The minimum absolute atomic E-state index is 0.289. The first-order valence-electron chi connectivity index (χ1n) is 6.32. The van der Waals surface area contributed by atoms with E-state index < -0.39 is 6.09 Å². The fraction of sp³-hybridized carbons (Fsp3) is 0. The molecule has 0 radical (unpaired) electrons. The predicted octanol–water partition coefficient (Wildman–Crippen LogP) is 3.60. The smallest absolute Gasteiger partial charge is 0.418 e. The van der Waals surface area contributed by atoms with E-state index in [-0.39, 0.29) is 11.6 Å². The highest BCUT2D eigenvalue weighted by Crippen LogP contribution is 2.32. The van der Waals surface area contributed by atoms with Gasteiger partial charge >= 0.3 is 6.09 Å². The molecule has 3 aromatic rings. The third-order valence-corrected chi connectivity index (χ3v) is 3.11. The number of benzene rings is 2. The van der Waals surface area contributed by atoms with E-state index in [1.807, 2.05) is 6.07 Å². The molecule has 1 aromatic heterocycles. The van der Waals surface area contributed by atoms with Crippen LogP contribution < -0.4 is 10.1 Å². The van der Waals surface area contributed by atoms with Crippen LogP contribution in [0.5, 0.6) is 11.6 Å². The van der Waals surface area contributed by atoms with Gasteiger partial charge in [-0.05, 0) is 30.3 Å². The second kappa shape index (κ2) is 5.87. The van der Waals surface area contributed by atoms with Crippen LogP contribution in [0.4, 0.5) is 10.5 Å². The zero-order valence-corrected chi connectivity index (χ0v) is 11.9. The highest BCUT2D eigenvalue weighted by Gasteiger charge is 2.15. The number of hydrogen-bond acceptors (Lipinski definition) is 5. The topological polar surface area (TPSA) is 84.3 Å². The molecule has 2 N–H and O–H groups in total. The van der Waals surface area contributed by atoms with Gasteiger partial charge < -0.3 is 9.84 Å². The third-order valence-electron chi connectivity index (χ3n) is 2.87. The molecule has 1 amide bonds. The van der Waals surface area contributed by atoms with E-state index >= 15 is 0 Å². The maximum absolute atomic E-state index is 11.8. The fourth-order valence-corrected chi connectivity index (χ4v) is 2.04. The highest BCUT2D eigenvalue weighted by molar-refractivity contribution is 6.31. The van der Waals surface area contributed by atoms with Crippen LogP contribution in [0.1, 0.15) is 0 Å². The van der Waals surface area contributed by atoms with Gasteiger partial charge in [0.25, 0.3) is 5.88 Å². The van der Waals surface area contributed by atoms with Crippen molar-refractivity contribution >= 4 is 34.3 Å². The molecule has 0 saturated heterocycles. The number of anilines is 1. The van der Waals surface area contributed by atoms with Crippen molar-refractivity contribution in [3.8, 4) is 11.6 Å². The summed E-state index contributed by atoms with van der Waals surface area (Å²) >= 11 is 5.88. The van der Waals surface area contributed by atoms with E-state index in [4.69, 9.17) is 16.3 Å². The van der Waals surface area contributed by atoms with E-state index in [1.54, 1.807) is 36.4 Å². The Hall–Kier alpha value is -2.86. The van der Waals surface area contributed by atoms with Crippen molar-refractivity contribution in [1.82, 2.24) is 10.2 Å².